The molecule has 0 fully saturated rings. The Kier molecular flexibility index (Phi) is 4.02. The molecule has 0 spiro atoms. The van der Waals surface area contributed by atoms with Gasteiger partial charge in [-0.1, -0.05) is 23.7 Å². The van der Waals surface area contributed by atoms with Crippen LogP contribution in [0.25, 0.3) is 0 Å². The summed E-state index contributed by atoms with van der Waals surface area (Å²) in [5, 5.41) is 0.478. The van der Waals surface area contributed by atoms with Gasteiger partial charge in [0, 0.05) is 18.3 Å². The molecule has 0 atom stereocenters. The largest absolute Gasteiger partial charge is 0.495 e. The number of carbonyl (C=O) groups is 1. The predicted molar refractivity (Wildman–Crippen MR) is 75.0 cm³/mol. The van der Waals surface area contributed by atoms with E-state index in [1.807, 2.05) is 12.1 Å². The molecular formula is C14H13ClN2O2. The summed E-state index contributed by atoms with van der Waals surface area (Å²) >= 11 is 5.86. The predicted octanol–water partition coefficient (Wildman–Crippen LogP) is 3.02. The molecule has 19 heavy (non-hydrogen) atoms. The molecule has 5 heteroatoms. The van der Waals surface area contributed by atoms with Crippen LogP contribution in [0.2, 0.25) is 5.02 Å². The number of rotatable bonds is 3. The van der Waals surface area contributed by atoms with Crippen molar-refractivity contribution in [3.8, 4) is 5.75 Å². The summed E-state index contributed by atoms with van der Waals surface area (Å²) in [6, 6.07) is 10.5. The van der Waals surface area contributed by atoms with E-state index in [1.165, 1.54) is 17.2 Å². The van der Waals surface area contributed by atoms with Gasteiger partial charge in [0.05, 0.1) is 12.8 Å². The van der Waals surface area contributed by atoms with Gasteiger partial charge in [0.15, 0.2) is 0 Å². The molecule has 1 heterocycles. The summed E-state index contributed by atoms with van der Waals surface area (Å²) in [5.41, 5.74) is 0.970. The average molecular weight is 277 g/mol. The van der Waals surface area contributed by atoms with Crippen LogP contribution in [-0.2, 0) is 0 Å². The number of anilines is 1. The lowest BCUT2D eigenvalue weighted by Crippen LogP contribution is -2.27. The van der Waals surface area contributed by atoms with Crippen molar-refractivity contribution in [1.29, 1.82) is 0 Å². The van der Waals surface area contributed by atoms with Crippen LogP contribution in [0.3, 0.4) is 0 Å². The topological polar surface area (TPSA) is 42.4 Å². The molecule has 1 aromatic heterocycles. The molecular weight excluding hydrogens is 264 g/mol. The molecule has 0 saturated carbocycles. The third-order valence-electron chi connectivity index (χ3n) is 2.69. The number of carbonyl (C=O) groups excluding carboxylic acids is 1. The van der Waals surface area contributed by atoms with Crippen LogP contribution < -0.4 is 9.64 Å². The molecule has 1 amide bonds. The van der Waals surface area contributed by atoms with Crippen molar-refractivity contribution in [2.24, 2.45) is 0 Å². The monoisotopic (exact) mass is 276 g/mol. The maximum absolute atomic E-state index is 12.3. The molecule has 0 radical (unpaired) electrons. The Labute approximate surface area is 116 Å². The molecule has 0 bridgehead atoms. The number of halogens is 1. The molecule has 2 aromatic rings. The Hall–Kier alpha value is -2.07. The second-order valence-corrected chi connectivity index (χ2v) is 4.33. The van der Waals surface area contributed by atoms with Gasteiger partial charge >= 0.3 is 0 Å². The van der Waals surface area contributed by atoms with Crippen LogP contribution in [-0.4, -0.2) is 25.0 Å². The third kappa shape index (κ3) is 2.85. The van der Waals surface area contributed by atoms with E-state index in [1.54, 1.807) is 32.4 Å². The van der Waals surface area contributed by atoms with Crippen molar-refractivity contribution in [2.75, 3.05) is 19.1 Å². The first-order chi connectivity index (χ1) is 9.13. The lowest BCUT2D eigenvalue weighted by molar-refractivity contribution is 0.0987. The maximum Gasteiger partial charge on any atom is 0.276 e. The van der Waals surface area contributed by atoms with E-state index in [-0.39, 0.29) is 5.91 Å². The highest BCUT2D eigenvalue weighted by atomic mass is 35.5. The van der Waals surface area contributed by atoms with E-state index in [2.05, 4.69) is 4.98 Å². The number of hydrogen-bond donors (Lipinski definition) is 0. The van der Waals surface area contributed by atoms with E-state index >= 15 is 0 Å². The number of para-hydroxylation sites is 2. The molecule has 2 rings (SSSR count). The Balaban J connectivity index is 2.33. The summed E-state index contributed by atoms with van der Waals surface area (Å²) in [6.45, 7) is 0. The van der Waals surface area contributed by atoms with Crippen LogP contribution in [0.1, 0.15) is 10.5 Å². The number of methoxy groups -OCH3 is 1. The highest BCUT2D eigenvalue weighted by Crippen LogP contribution is 2.27. The first-order valence-electron chi connectivity index (χ1n) is 5.66. The summed E-state index contributed by atoms with van der Waals surface area (Å²) < 4.78 is 5.24. The quantitative estimate of drug-likeness (QED) is 0.865. The van der Waals surface area contributed by atoms with Crippen molar-refractivity contribution in [3.05, 3.63) is 53.3 Å². The van der Waals surface area contributed by atoms with Gasteiger partial charge in [0.25, 0.3) is 5.91 Å². The zero-order valence-electron chi connectivity index (χ0n) is 10.6. The Morgan fingerprint density at radius 1 is 1.32 bits per heavy atom. The molecule has 0 unspecified atom stereocenters. The SMILES string of the molecule is COc1ccccc1N(C)C(=O)c1cc(Cl)ccn1. The Morgan fingerprint density at radius 2 is 2.05 bits per heavy atom. The molecule has 4 nitrogen and oxygen atoms in total. The highest BCUT2D eigenvalue weighted by molar-refractivity contribution is 6.31. The first kappa shape index (κ1) is 13.4. The fraction of sp³-hybridized carbons (Fsp3) is 0.143. The van der Waals surface area contributed by atoms with Gasteiger partial charge in [-0.05, 0) is 24.3 Å². The van der Waals surface area contributed by atoms with Crippen LogP contribution in [0.15, 0.2) is 42.6 Å². The van der Waals surface area contributed by atoms with E-state index in [0.717, 1.165) is 0 Å². The zero-order valence-corrected chi connectivity index (χ0v) is 11.4. The summed E-state index contributed by atoms with van der Waals surface area (Å²) in [7, 11) is 3.23. The highest BCUT2D eigenvalue weighted by Gasteiger charge is 2.17. The number of aromatic nitrogens is 1. The van der Waals surface area contributed by atoms with Gasteiger partial charge in [0.1, 0.15) is 11.4 Å². The van der Waals surface area contributed by atoms with E-state index in [4.69, 9.17) is 16.3 Å². The number of pyridine rings is 1. The fourth-order valence-corrected chi connectivity index (χ4v) is 1.87. The van der Waals surface area contributed by atoms with Crippen LogP contribution in [0.5, 0.6) is 5.75 Å². The van der Waals surface area contributed by atoms with E-state index in [0.29, 0.717) is 22.2 Å². The van der Waals surface area contributed by atoms with Crippen molar-refractivity contribution in [1.82, 2.24) is 4.98 Å². The number of hydrogen-bond acceptors (Lipinski definition) is 3. The zero-order chi connectivity index (χ0) is 13.8. The minimum absolute atomic E-state index is 0.244. The van der Waals surface area contributed by atoms with E-state index < -0.39 is 0 Å². The normalized spacial score (nSPS) is 10.1. The first-order valence-corrected chi connectivity index (χ1v) is 6.04. The second-order valence-electron chi connectivity index (χ2n) is 3.90. The summed E-state index contributed by atoms with van der Waals surface area (Å²) in [4.78, 5) is 17.8. The molecule has 0 aliphatic carbocycles. The Bertz CT molecular complexity index is 602. The Morgan fingerprint density at radius 3 is 2.74 bits per heavy atom. The van der Waals surface area contributed by atoms with Crippen molar-refractivity contribution in [3.63, 3.8) is 0 Å². The molecule has 1 aromatic carbocycles. The van der Waals surface area contributed by atoms with Gasteiger partial charge in [0.2, 0.25) is 0 Å². The summed E-state index contributed by atoms with van der Waals surface area (Å²) in [6.07, 6.45) is 1.51. The van der Waals surface area contributed by atoms with Crippen LogP contribution >= 0.6 is 11.6 Å². The molecule has 0 aliphatic rings. The standard InChI is InChI=1S/C14H13ClN2O2/c1-17(12-5-3-4-6-13(12)19-2)14(18)11-9-10(15)7-8-16-11/h3-9H,1-2H3. The van der Waals surface area contributed by atoms with Gasteiger partial charge < -0.3 is 9.64 Å². The summed E-state index contributed by atoms with van der Waals surface area (Å²) in [5.74, 6) is 0.382. The molecule has 0 aliphatic heterocycles. The lowest BCUT2D eigenvalue weighted by atomic mass is 10.2. The van der Waals surface area contributed by atoms with Crippen molar-refractivity contribution >= 4 is 23.2 Å². The van der Waals surface area contributed by atoms with Crippen molar-refractivity contribution < 1.29 is 9.53 Å². The minimum Gasteiger partial charge on any atom is -0.495 e. The average Bonchev–Trinajstić information content (AvgIpc) is 2.45. The molecule has 0 saturated heterocycles. The number of ether oxygens (including phenoxy) is 1. The lowest BCUT2D eigenvalue weighted by Gasteiger charge is -2.19. The van der Waals surface area contributed by atoms with Crippen LogP contribution in [0.4, 0.5) is 5.69 Å². The number of benzene rings is 1. The molecule has 0 N–H and O–H groups in total. The fourth-order valence-electron chi connectivity index (χ4n) is 1.71. The smallest absolute Gasteiger partial charge is 0.276 e. The van der Waals surface area contributed by atoms with E-state index in [9.17, 15) is 4.79 Å². The molecule has 98 valence electrons. The van der Waals surface area contributed by atoms with Crippen molar-refractivity contribution in [2.45, 2.75) is 0 Å². The van der Waals surface area contributed by atoms with Gasteiger partial charge in [-0.2, -0.15) is 0 Å². The maximum atomic E-state index is 12.3. The van der Waals surface area contributed by atoms with Gasteiger partial charge in [-0.25, -0.2) is 0 Å². The van der Waals surface area contributed by atoms with Crippen LogP contribution in [0, 0.1) is 0 Å². The van der Waals surface area contributed by atoms with Gasteiger partial charge in [-0.15, -0.1) is 0 Å². The number of amides is 1. The minimum atomic E-state index is -0.244. The third-order valence-corrected chi connectivity index (χ3v) is 2.93. The van der Waals surface area contributed by atoms with Gasteiger partial charge in [-0.3, -0.25) is 9.78 Å². The second kappa shape index (κ2) is 5.71. The number of nitrogens with zero attached hydrogens (tertiary/aromatic N) is 2.